The Morgan fingerprint density at radius 3 is 2.54 bits per heavy atom. The molecule has 142 valence electrons. The molecule has 0 aliphatic rings. The van der Waals surface area contributed by atoms with E-state index in [1.165, 1.54) is 18.2 Å². The molecular formula is C19H21F4NO2. The lowest BCUT2D eigenvalue weighted by Crippen LogP contribution is -2.31. The van der Waals surface area contributed by atoms with Crippen LogP contribution in [0.3, 0.4) is 0 Å². The maximum Gasteiger partial charge on any atom is 0.416 e. The summed E-state index contributed by atoms with van der Waals surface area (Å²) in [7, 11) is 0. The number of nitrogens with one attached hydrogen (secondary N) is 1. The molecule has 0 fully saturated rings. The molecule has 0 radical (unpaired) electrons. The number of alkyl halides is 3. The van der Waals surface area contributed by atoms with Crippen LogP contribution >= 0.6 is 0 Å². The summed E-state index contributed by atoms with van der Waals surface area (Å²) in [5.41, 5.74) is 0.0172. The molecule has 0 aliphatic heterocycles. The van der Waals surface area contributed by atoms with Crippen LogP contribution in [0, 0.1) is 5.82 Å². The van der Waals surface area contributed by atoms with E-state index in [1.54, 1.807) is 12.1 Å². The van der Waals surface area contributed by atoms with Gasteiger partial charge >= 0.3 is 6.18 Å². The Balaban J connectivity index is 1.97. The number of hydrogen-bond acceptors (Lipinski definition) is 3. The van der Waals surface area contributed by atoms with E-state index in [-0.39, 0.29) is 31.5 Å². The summed E-state index contributed by atoms with van der Waals surface area (Å²) >= 11 is 0. The quantitative estimate of drug-likeness (QED) is 0.681. The van der Waals surface area contributed by atoms with Crippen molar-refractivity contribution in [2.45, 2.75) is 38.7 Å². The monoisotopic (exact) mass is 371 g/mol. The first-order valence-corrected chi connectivity index (χ1v) is 8.25. The molecule has 0 spiro atoms. The SMILES string of the molecule is CC[C@@H](CO)NCc1ccc(OCc2cccc(C(F)(F)F)c2)cc1F. The molecule has 0 bridgehead atoms. The van der Waals surface area contributed by atoms with Crippen LogP contribution in [0.25, 0.3) is 0 Å². The standard InChI is InChI=1S/C19H21F4NO2/c1-2-16(11-25)24-10-14-6-7-17(9-18(14)20)26-12-13-4-3-5-15(8-13)19(21,22)23/h3-9,16,24-25H,2,10-12H2,1H3/t16-/m0/s1. The number of rotatable bonds is 8. The van der Waals surface area contributed by atoms with E-state index in [0.717, 1.165) is 18.6 Å². The van der Waals surface area contributed by atoms with Crippen LogP contribution < -0.4 is 10.1 Å². The molecule has 1 atom stereocenters. The highest BCUT2D eigenvalue weighted by atomic mass is 19.4. The molecule has 0 aliphatic carbocycles. The Kier molecular flexibility index (Phi) is 6.99. The number of hydrogen-bond donors (Lipinski definition) is 2. The fourth-order valence-electron chi connectivity index (χ4n) is 2.36. The van der Waals surface area contributed by atoms with Gasteiger partial charge in [0.05, 0.1) is 12.2 Å². The number of benzene rings is 2. The van der Waals surface area contributed by atoms with Gasteiger partial charge in [-0.05, 0) is 30.2 Å². The Hall–Kier alpha value is -2.12. The van der Waals surface area contributed by atoms with Gasteiger partial charge in [-0.15, -0.1) is 0 Å². The van der Waals surface area contributed by atoms with E-state index < -0.39 is 17.6 Å². The van der Waals surface area contributed by atoms with Crippen molar-refractivity contribution in [3.8, 4) is 5.75 Å². The molecule has 0 heterocycles. The first kappa shape index (κ1) is 20.2. The van der Waals surface area contributed by atoms with Crippen LogP contribution in [0.15, 0.2) is 42.5 Å². The van der Waals surface area contributed by atoms with E-state index in [4.69, 9.17) is 9.84 Å². The minimum atomic E-state index is -4.41. The van der Waals surface area contributed by atoms with Gasteiger partial charge in [-0.2, -0.15) is 13.2 Å². The molecule has 2 aromatic rings. The number of ether oxygens (including phenoxy) is 1. The first-order valence-electron chi connectivity index (χ1n) is 8.25. The molecule has 2 aromatic carbocycles. The molecule has 0 saturated heterocycles. The molecule has 3 nitrogen and oxygen atoms in total. The molecular weight excluding hydrogens is 350 g/mol. The zero-order valence-electron chi connectivity index (χ0n) is 14.3. The van der Waals surface area contributed by atoms with Gasteiger partial charge in [0.1, 0.15) is 18.2 Å². The second kappa shape index (κ2) is 9.00. The van der Waals surface area contributed by atoms with Crippen LogP contribution in [-0.2, 0) is 19.3 Å². The maximum absolute atomic E-state index is 14.1. The normalized spacial score (nSPS) is 12.8. The highest BCUT2D eigenvalue weighted by Crippen LogP contribution is 2.29. The van der Waals surface area contributed by atoms with Gasteiger partial charge in [-0.1, -0.05) is 25.1 Å². The van der Waals surface area contributed by atoms with Crippen LogP contribution in [0.5, 0.6) is 5.75 Å². The van der Waals surface area contributed by atoms with Crippen LogP contribution in [0.4, 0.5) is 17.6 Å². The zero-order valence-corrected chi connectivity index (χ0v) is 14.3. The van der Waals surface area contributed by atoms with Crippen molar-refractivity contribution < 1.29 is 27.4 Å². The fourth-order valence-corrected chi connectivity index (χ4v) is 2.36. The lowest BCUT2D eigenvalue weighted by molar-refractivity contribution is -0.137. The molecule has 0 amide bonds. The summed E-state index contributed by atoms with van der Waals surface area (Å²) in [6, 6.07) is 9.03. The van der Waals surface area contributed by atoms with Crippen molar-refractivity contribution >= 4 is 0 Å². The van der Waals surface area contributed by atoms with Gasteiger partial charge in [-0.25, -0.2) is 4.39 Å². The molecule has 2 rings (SSSR count). The Morgan fingerprint density at radius 1 is 1.15 bits per heavy atom. The summed E-state index contributed by atoms with van der Waals surface area (Å²) in [6.07, 6.45) is -3.70. The van der Waals surface area contributed by atoms with Gasteiger partial charge in [-0.3, -0.25) is 0 Å². The van der Waals surface area contributed by atoms with Gasteiger partial charge in [0.25, 0.3) is 0 Å². The van der Waals surface area contributed by atoms with Crippen LogP contribution in [-0.4, -0.2) is 17.8 Å². The van der Waals surface area contributed by atoms with Crippen molar-refractivity contribution in [3.05, 3.63) is 65.0 Å². The Labute approximate surface area is 149 Å². The van der Waals surface area contributed by atoms with E-state index in [0.29, 0.717) is 11.1 Å². The third-order valence-corrected chi connectivity index (χ3v) is 3.98. The van der Waals surface area contributed by atoms with Gasteiger partial charge in [0, 0.05) is 24.2 Å². The number of halogens is 4. The maximum atomic E-state index is 14.1. The lowest BCUT2D eigenvalue weighted by Gasteiger charge is -2.15. The van der Waals surface area contributed by atoms with E-state index in [2.05, 4.69) is 5.32 Å². The highest BCUT2D eigenvalue weighted by molar-refractivity contribution is 5.30. The van der Waals surface area contributed by atoms with Gasteiger partial charge in [0.2, 0.25) is 0 Å². The number of aliphatic hydroxyl groups excluding tert-OH is 1. The predicted octanol–water partition coefficient (Wildman–Crippen LogP) is 4.28. The zero-order chi connectivity index (χ0) is 19.2. The Bertz CT molecular complexity index is 715. The van der Waals surface area contributed by atoms with E-state index in [1.807, 2.05) is 6.92 Å². The Morgan fingerprint density at radius 2 is 1.92 bits per heavy atom. The van der Waals surface area contributed by atoms with Crippen molar-refractivity contribution in [1.29, 1.82) is 0 Å². The second-order valence-electron chi connectivity index (χ2n) is 5.91. The molecule has 7 heteroatoms. The van der Waals surface area contributed by atoms with E-state index in [9.17, 15) is 17.6 Å². The second-order valence-corrected chi connectivity index (χ2v) is 5.91. The summed E-state index contributed by atoms with van der Waals surface area (Å²) in [5.74, 6) is -0.246. The topological polar surface area (TPSA) is 41.5 Å². The highest BCUT2D eigenvalue weighted by Gasteiger charge is 2.30. The van der Waals surface area contributed by atoms with Gasteiger partial charge < -0.3 is 15.2 Å². The van der Waals surface area contributed by atoms with Crippen LogP contribution in [0.2, 0.25) is 0 Å². The summed E-state index contributed by atoms with van der Waals surface area (Å²) < 4.78 is 57.6. The van der Waals surface area contributed by atoms with Crippen molar-refractivity contribution in [3.63, 3.8) is 0 Å². The molecule has 0 unspecified atom stereocenters. The van der Waals surface area contributed by atoms with Crippen LogP contribution in [0.1, 0.15) is 30.0 Å². The third-order valence-electron chi connectivity index (χ3n) is 3.98. The minimum Gasteiger partial charge on any atom is -0.489 e. The largest absolute Gasteiger partial charge is 0.489 e. The summed E-state index contributed by atoms with van der Waals surface area (Å²) in [6.45, 7) is 2.05. The first-order chi connectivity index (χ1) is 12.3. The van der Waals surface area contributed by atoms with Crippen molar-refractivity contribution in [2.75, 3.05) is 6.61 Å². The average molecular weight is 371 g/mol. The van der Waals surface area contributed by atoms with Gasteiger partial charge in [0.15, 0.2) is 0 Å². The average Bonchev–Trinajstić information content (AvgIpc) is 2.61. The van der Waals surface area contributed by atoms with Crippen molar-refractivity contribution in [1.82, 2.24) is 5.32 Å². The third kappa shape index (κ3) is 5.71. The predicted molar refractivity (Wildman–Crippen MR) is 90.2 cm³/mol. The molecule has 0 saturated carbocycles. The fraction of sp³-hybridized carbons (Fsp3) is 0.368. The van der Waals surface area contributed by atoms with E-state index >= 15 is 0 Å². The van der Waals surface area contributed by atoms with Crippen molar-refractivity contribution in [2.24, 2.45) is 0 Å². The lowest BCUT2D eigenvalue weighted by atomic mass is 10.1. The molecule has 26 heavy (non-hydrogen) atoms. The number of aliphatic hydroxyl groups is 1. The smallest absolute Gasteiger partial charge is 0.416 e. The molecule has 2 N–H and O–H groups in total. The minimum absolute atomic E-state index is 0.0314. The summed E-state index contributed by atoms with van der Waals surface area (Å²) in [4.78, 5) is 0. The molecule has 0 aromatic heterocycles. The summed E-state index contributed by atoms with van der Waals surface area (Å²) in [5, 5.41) is 12.2.